The predicted octanol–water partition coefficient (Wildman–Crippen LogP) is -0.525. The molecular formula is C18H27Cl2N2O4-. The van der Waals surface area contributed by atoms with Gasteiger partial charge in [-0.1, -0.05) is 11.6 Å². The Balaban J connectivity index is 0.00000338. The summed E-state index contributed by atoms with van der Waals surface area (Å²) in [5.74, 6) is 0.714. The summed E-state index contributed by atoms with van der Waals surface area (Å²) in [5.41, 5.74) is 1.92. The zero-order chi connectivity index (χ0) is 18.4. The second-order valence-corrected chi connectivity index (χ2v) is 6.70. The Morgan fingerprint density at radius 2 is 1.81 bits per heavy atom. The van der Waals surface area contributed by atoms with Gasteiger partial charge in [0, 0.05) is 37.7 Å². The highest BCUT2D eigenvalue weighted by atomic mass is 35.5. The maximum absolute atomic E-state index is 11.7. The van der Waals surface area contributed by atoms with Crippen LogP contribution in [0.25, 0.3) is 0 Å². The number of nitrogens with zero attached hydrogens (tertiary/aromatic N) is 2. The van der Waals surface area contributed by atoms with Crippen molar-refractivity contribution in [2.24, 2.45) is 0 Å². The van der Waals surface area contributed by atoms with E-state index in [4.69, 9.17) is 21.1 Å². The van der Waals surface area contributed by atoms with Crippen molar-refractivity contribution >= 4 is 17.7 Å². The highest BCUT2D eigenvalue weighted by Gasteiger charge is 2.23. The predicted molar refractivity (Wildman–Crippen MR) is 97.5 cm³/mol. The number of β-amino-alcohol motifs (C(OH)–C–C–N with tert-alkyl or cyclic N) is 1. The van der Waals surface area contributed by atoms with E-state index >= 15 is 0 Å². The topological polar surface area (TPSA) is 62.2 Å². The summed E-state index contributed by atoms with van der Waals surface area (Å²) in [6, 6.07) is 3.75. The molecule has 0 radical (unpaired) electrons. The summed E-state index contributed by atoms with van der Waals surface area (Å²) in [4.78, 5) is 15.5. The number of benzene rings is 1. The monoisotopic (exact) mass is 405 g/mol. The average Bonchev–Trinajstić information content (AvgIpc) is 2.58. The summed E-state index contributed by atoms with van der Waals surface area (Å²) in [6.07, 6.45) is -0.857. The summed E-state index contributed by atoms with van der Waals surface area (Å²) in [7, 11) is 0. The molecule has 26 heavy (non-hydrogen) atoms. The number of aryl methyl sites for hydroxylation is 2. The van der Waals surface area contributed by atoms with E-state index in [0.29, 0.717) is 32.0 Å². The highest BCUT2D eigenvalue weighted by molar-refractivity contribution is 6.32. The Morgan fingerprint density at radius 3 is 2.35 bits per heavy atom. The normalized spacial score (nSPS) is 16.0. The summed E-state index contributed by atoms with van der Waals surface area (Å²) in [5, 5.41) is 11.0. The third-order valence-corrected chi connectivity index (χ3v) is 4.82. The Hall–Kier alpha value is -1.21. The van der Waals surface area contributed by atoms with Crippen LogP contribution in [-0.4, -0.2) is 73.0 Å². The molecule has 148 valence electrons. The smallest absolute Gasteiger partial charge is 0.409 e. The summed E-state index contributed by atoms with van der Waals surface area (Å²) in [6.45, 7) is 9.45. The molecule has 1 amide bonds. The van der Waals surface area contributed by atoms with E-state index in [0.717, 1.165) is 29.2 Å². The molecule has 1 aromatic rings. The van der Waals surface area contributed by atoms with Crippen molar-refractivity contribution < 1.29 is 31.8 Å². The van der Waals surface area contributed by atoms with Crippen LogP contribution in [0.15, 0.2) is 12.1 Å². The fourth-order valence-electron chi connectivity index (χ4n) is 2.86. The molecule has 1 saturated heterocycles. The van der Waals surface area contributed by atoms with E-state index in [-0.39, 0.29) is 25.1 Å². The van der Waals surface area contributed by atoms with Gasteiger partial charge in [0.25, 0.3) is 0 Å². The first-order chi connectivity index (χ1) is 11.9. The van der Waals surface area contributed by atoms with Crippen molar-refractivity contribution in [1.82, 2.24) is 9.80 Å². The standard InChI is InChI=1S/C18H27ClN2O4.ClH/c1-4-24-18(23)21-7-5-20(6-8-21)11-15(22)12-25-16-9-13(2)17(19)14(3)10-16;/h9-10,15,22H,4-8,11-12H2,1-3H3;1H/p-1. The maximum atomic E-state index is 11.7. The van der Waals surface area contributed by atoms with Gasteiger partial charge in [-0.2, -0.15) is 0 Å². The van der Waals surface area contributed by atoms with Gasteiger partial charge in [-0.15, -0.1) is 0 Å². The SMILES string of the molecule is CCOC(=O)N1CCN(CC(O)COc2cc(C)c(Cl)c(C)c2)CC1.[Cl-]. The fraction of sp³-hybridized carbons (Fsp3) is 0.611. The number of hydrogen-bond acceptors (Lipinski definition) is 5. The van der Waals surface area contributed by atoms with Crippen molar-refractivity contribution in [3.63, 3.8) is 0 Å². The Labute approximate surface area is 166 Å². The van der Waals surface area contributed by atoms with Gasteiger partial charge in [-0.25, -0.2) is 4.79 Å². The molecule has 1 heterocycles. The minimum atomic E-state index is -0.592. The number of aliphatic hydroxyl groups is 1. The number of carbonyl (C=O) groups excluding carboxylic acids is 1. The van der Waals surface area contributed by atoms with Gasteiger partial charge < -0.3 is 31.9 Å². The van der Waals surface area contributed by atoms with Crippen molar-refractivity contribution in [1.29, 1.82) is 0 Å². The molecule has 1 aliphatic rings. The Kier molecular flexibility index (Phi) is 9.50. The number of amides is 1. The molecule has 8 heteroatoms. The van der Waals surface area contributed by atoms with Gasteiger partial charge in [0.05, 0.1) is 6.61 Å². The molecule has 6 nitrogen and oxygen atoms in total. The van der Waals surface area contributed by atoms with Crippen LogP contribution in [0.4, 0.5) is 4.79 Å². The van der Waals surface area contributed by atoms with E-state index in [2.05, 4.69) is 4.90 Å². The van der Waals surface area contributed by atoms with E-state index in [1.807, 2.05) is 26.0 Å². The molecule has 1 fully saturated rings. The number of carbonyl (C=O) groups is 1. The molecule has 0 saturated carbocycles. The summed E-state index contributed by atoms with van der Waals surface area (Å²) < 4.78 is 10.7. The van der Waals surface area contributed by atoms with Crippen LogP contribution >= 0.6 is 11.6 Å². The van der Waals surface area contributed by atoms with Gasteiger partial charge in [-0.05, 0) is 44.0 Å². The molecule has 1 aromatic carbocycles. The third-order valence-electron chi connectivity index (χ3n) is 4.22. The lowest BCUT2D eigenvalue weighted by Gasteiger charge is -2.34. The molecular weight excluding hydrogens is 379 g/mol. The van der Waals surface area contributed by atoms with Crippen LogP contribution in [-0.2, 0) is 4.74 Å². The minimum absolute atomic E-state index is 0. The number of rotatable bonds is 6. The Bertz CT molecular complexity index is 570. The second-order valence-electron chi connectivity index (χ2n) is 6.32. The maximum Gasteiger partial charge on any atom is 0.409 e. The number of hydrogen-bond donors (Lipinski definition) is 1. The van der Waals surface area contributed by atoms with Crippen LogP contribution in [0.1, 0.15) is 18.1 Å². The van der Waals surface area contributed by atoms with Gasteiger partial charge >= 0.3 is 6.09 Å². The molecule has 1 N–H and O–H groups in total. The van der Waals surface area contributed by atoms with E-state index < -0.39 is 6.10 Å². The molecule has 1 aliphatic heterocycles. The largest absolute Gasteiger partial charge is 1.00 e. The lowest BCUT2D eigenvalue weighted by molar-refractivity contribution is -0.0000194. The first-order valence-corrected chi connectivity index (χ1v) is 9.00. The first-order valence-electron chi connectivity index (χ1n) is 8.62. The number of ether oxygens (including phenoxy) is 2. The summed E-state index contributed by atoms with van der Waals surface area (Å²) >= 11 is 6.15. The fourth-order valence-corrected chi connectivity index (χ4v) is 2.97. The van der Waals surface area contributed by atoms with Crippen LogP contribution < -0.4 is 17.1 Å². The molecule has 0 aromatic heterocycles. The number of halogens is 2. The number of piperazine rings is 1. The molecule has 1 unspecified atom stereocenters. The molecule has 0 bridgehead atoms. The quantitative estimate of drug-likeness (QED) is 0.689. The van der Waals surface area contributed by atoms with Crippen LogP contribution in [0.3, 0.4) is 0 Å². The zero-order valence-electron chi connectivity index (χ0n) is 15.5. The van der Waals surface area contributed by atoms with Crippen molar-refractivity contribution in [3.05, 3.63) is 28.3 Å². The highest BCUT2D eigenvalue weighted by Crippen LogP contribution is 2.25. The van der Waals surface area contributed by atoms with Gasteiger partial charge in [0.2, 0.25) is 0 Å². The van der Waals surface area contributed by atoms with Gasteiger partial charge in [-0.3, -0.25) is 4.90 Å². The van der Waals surface area contributed by atoms with Crippen LogP contribution in [0.5, 0.6) is 5.75 Å². The van der Waals surface area contributed by atoms with Crippen LogP contribution in [0.2, 0.25) is 5.02 Å². The lowest BCUT2D eigenvalue weighted by atomic mass is 10.1. The first kappa shape index (κ1) is 22.8. The molecule has 0 aliphatic carbocycles. The second kappa shape index (κ2) is 10.8. The van der Waals surface area contributed by atoms with Gasteiger partial charge in [0.1, 0.15) is 18.5 Å². The number of aliphatic hydroxyl groups excluding tert-OH is 1. The molecule has 1 atom stereocenters. The minimum Gasteiger partial charge on any atom is -1.00 e. The van der Waals surface area contributed by atoms with Crippen molar-refractivity contribution in [3.8, 4) is 5.75 Å². The van der Waals surface area contributed by atoms with Crippen molar-refractivity contribution in [2.45, 2.75) is 26.9 Å². The van der Waals surface area contributed by atoms with Gasteiger partial charge in [0.15, 0.2) is 0 Å². The Morgan fingerprint density at radius 1 is 1.23 bits per heavy atom. The third kappa shape index (κ3) is 6.50. The van der Waals surface area contributed by atoms with Crippen LogP contribution in [0, 0.1) is 13.8 Å². The zero-order valence-corrected chi connectivity index (χ0v) is 17.0. The van der Waals surface area contributed by atoms with E-state index in [1.165, 1.54) is 0 Å². The van der Waals surface area contributed by atoms with Crippen molar-refractivity contribution in [2.75, 3.05) is 45.9 Å². The average molecular weight is 406 g/mol. The lowest BCUT2D eigenvalue weighted by Crippen LogP contribution is -3.00. The molecule has 2 rings (SSSR count). The van der Waals surface area contributed by atoms with E-state index in [9.17, 15) is 9.90 Å². The van der Waals surface area contributed by atoms with E-state index in [1.54, 1.807) is 11.8 Å². The molecule has 0 spiro atoms.